The Balaban J connectivity index is 1.42. The third-order valence-corrected chi connectivity index (χ3v) is 4.49. The number of benzene rings is 2. The molecule has 3 rings (SSSR count). The van der Waals surface area contributed by atoms with Gasteiger partial charge < -0.3 is 14.2 Å². The molecule has 1 aliphatic rings. The summed E-state index contributed by atoms with van der Waals surface area (Å²) >= 11 is 0. The van der Waals surface area contributed by atoms with E-state index < -0.39 is 11.8 Å². The summed E-state index contributed by atoms with van der Waals surface area (Å²) in [4.78, 5) is 22.9. The summed E-state index contributed by atoms with van der Waals surface area (Å²) < 4.78 is 16.0. The minimum atomic E-state index is -0.874. The van der Waals surface area contributed by atoms with E-state index in [1.54, 1.807) is 24.3 Å². The fourth-order valence-corrected chi connectivity index (χ4v) is 3.09. The Morgan fingerprint density at radius 2 is 1.73 bits per heavy atom. The van der Waals surface area contributed by atoms with Crippen molar-refractivity contribution < 1.29 is 23.8 Å². The van der Waals surface area contributed by atoms with Gasteiger partial charge in [0, 0.05) is 5.56 Å². The molecule has 1 unspecified atom stereocenters. The van der Waals surface area contributed by atoms with Gasteiger partial charge in [-0.05, 0) is 54.7 Å². The molecule has 5 nitrogen and oxygen atoms in total. The molecule has 0 aromatic heterocycles. The second kappa shape index (κ2) is 8.63. The van der Waals surface area contributed by atoms with Crippen molar-refractivity contribution in [3.8, 4) is 5.75 Å². The average molecular weight is 354 g/mol. The van der Waals surface area contributed by atoms with Gasteiger partial charge in [0.1, 0.15) is 12.4 Å². The van der Waals surface area contributed by atoms with E-state index in [1.165, 1.54) is 18.2 Å². The van der Waals surface area contributed by atoms with Crippen molar-refractivity contribution in [1.82, 2.24) is 0 Å². The van der Waals surface area contributed by atoms with Crippen molar-refractivity contribution in [2.24, 2.45) is 0 Å². The smallest absolute Gasteiger partial charge is 0.379 e. The van der Waals surface area contributed by atoms with Crippen LogP contribution in [0.1, 0.15) is 27.9 Å². The Morgan fingerprint density at radius 1 is 1.00 bits per heavy atom. The molecule has 0 radical (unpaired) electrons. The van der Waals surface area contributed by atoms with Gasteiger partial charge in [-0.3, -0.25) is 4.79 Å². The first-order chi connectivity index (χ1) is 12.7. The van der Waals surface area contributed by atoms with Crippen LogP contribution in [0.15, 0.2) is 48.5 Å². The fraction of sp³-hybridized carbons (Fsp3) is 0.333. The van der Waals surface area contributed by atoms with E-state index >= 15 is 0 Å². The first-order valence-electron chi connectivity index (χ1n) is 8.71. The van der Waals surface area contributed by atoms with E-state index in [0.717, 1.165) is 19.3 Å². The van der Waals surface area contributed by atoms with E-state index in [4.69, 9.17) is 9.47 Å². The topological polar surface area (TPSA) is 61.8 Å². The predicted octanol–water partition coefficient (Wildman–Crippen LogP) is 3.00. The molecular weight excluding hydrogens is 332 g/mol. The summed E-state index contributed by atoms with van der Waals surface area (Å²) in [6.45, 7) is 0.943. The second-order valence-electron chi connectivity index (χ2n) is 6.20. The molecule has 2 aromatic rings. The van der Waals surface area contributed by atoms with Crippen molar-refractivity contribution in [3.63, 3.8) is 0 Å². The van der Waals surface area contributed by atoms with Gasteiger partial charge in [-0.15, -0.1) is 0 Å². The molecule has 26 heavy (non-hydrogen) atoms. The number of Topliss-reactive ketones (excluding diaryl/α,β-unsaturated/α-hetero) is 1. The van der Waals surface area contributed by atoms with Crippen LogP contribution in [0.4, 0.5) is 0 Å². The standard InChI is InChI=1S/C21H22O5/c1-24-21(23)20(22)16-7-9-18(10-8-16)25-12-13-26-19-11-6-15-4-2-3-5-17(15)14-19/h2-5,7-10,19H,6,11-14H2,1H3. The number of hydrogen-bond donors (Lipinski definition) is 0. The van der Waals surface area contributed by atoms with E-state index in [-0.39, 0.29) is 11.7 Å². The molecule has 1 atom stereocenters. The Hall–Kier alpha value is -2.66. The molecule has 0 aliphatic heterocycles. The lowest BCUT2D eigenvalue weighted by molar-refractivity contribution is -0.135. The zero-order valence-corrected chi connectivity index (χ0v) is 14.8. The maximum absolute atomic E-state index is 11.7. The van der Waals surface area contributed by atoms with Crippen LogP contribution < -0.4 is 4.74 Å². The van der Waals surface area contributed by atoms with Gasteiger partial charge in [0.15, 0.2) is 0 Å². The third kappa shape index (κ3) is 4.49. The highest BCUT2D eigenvalue weighted by Gasteiger charge is 2.18. The van der Waals surface area contributed by atoms with E-state index in [9.17, 15) is 9.59 Å². The number of aryl methyl sites for hydroxylation is 1. The van der Waals surface area contributed by atoms with Crippen molar-refractivity contribution in [2.75, 3.05) is 20.3 Å². The molecule has 0 bridgehead atoms. The van der Waals surface area contributed by atoms with Gasteiger partial charge in [0.05, 0.1) is 19.8 Å². The summed E-state index contributed by atoms with van der Waals surface area (Å²) in [6, 6.07) is 14.9. The molecule has 0 spiro atoms. The number of hydrogen-bond acceptors (Lipinski definition) is 5. The number of fused-ring (bicyclic) bond motifs is 1. The van der Waals surface area contributed by atoms with Crippen molar-refractivity contribution in [3.05, 3.63) is 65.2 Å². The van der Waals surface area contributed by atoms with E-state index in [1.807, 2.05) is 0 Å². The Bertz CT molecular complexity index is 766. The first-order valence-corrected chi connectivity index (χ1v) is 8.71. The highest BCUT2D eigenvalue weighted by molar-refractivity contribution is 6.40. The number of ether oxygens (including phenoxy) is 3. The molecule has 0 saturated heterocycles. The summed E-state index contributed by atoms with van der Waals surface area (Å²) in [5.41, 5.74) is 3.07. The van der Waals surface area contributed by atoms with Gasteiger partial charge >= 0.3 is 5.97 Å². The molecule has 0 N–H and O–H groups in total. The molecule has 136 valence electrons. The molecule has 1 aliphatic carbocycles. The molecule has 0 saturated carbocycles. The maximum atomic E-state index is 11.7. The van der Waals surface area contributed by atoms with Gasteiger partial charge in [0.2, 0.25) is 0 Å². The number of rotatable bonds is 7. The third-order valence-electron chi connectivity index (χ3n) is 4.49. The summed E-state index contributed by atoms with van der Waals surface area (Å²) in [6.07, 6.45) is 3.26. The lowest BCUT2D eigenvalue weighted by atomic mass is 9.90. The van der Waals surface area contributed by atoms with E-state index in [0.29, 0.717) is 19.0 Å². The quantitative estimate of drug-likeness (QED) is 0.331. The number of carbonyl (C=O) groups excluding carboxylic acids is 2. The number of carbonyl (C=O) groups is 2. The summed E-state index contributed by atoms with van der Waals surface area (Å²) in [7, 11) is 1.18. The zero-order valence-electron chi connectivity index (χ0n) is 14.8. The van der Waals surface area contributed by atoms with Crippen LogP contribution >= 0.6 is 0 Å². The molecular formula is C21H22O5. The van der Waals surface area contributed by atoms with E-state index in [2.05, 4.69) is 29.0 Å². The highest BCUT2D eigenvalue weighted by Crippen LogP contribution is 2.23. The van der Waals surface area contributed by atoms with Crippen molar-refractivity contribution >= 4 is 11.8 Å². The van der Waals surface area contributed by atoms with Crippen molar-refractivity contribution in [1.29, 1.82) is 0 Å². The second-order valence-corrected chi connectivity index (χ2v) is 6.20. The zero-order chi connectivity index (χ0) is 18.4. The van der Waals surface area contributed by atoms with Crippen LogP contribution in [0.3, 0.4) is 0 Å². The Labute approximate surface area is 152 Å². The average Bonchev–Trinajstić information content (AvgIpc) is 2.70. The van der Waals surface area contributed by atoms with Gasteiger partial charge in [-0.2, -0.15) is 0 Å². The summed E-state index contributed by atoms with van der Waals surface area (Å²) in [5, 5.41) is 0. The Morgan fingerprint density at radius 3 is 2.46 bits per heavy atom. The molecule has 0 fully saturated rings. The number of ketones is 1. The molecule has 5 heteroatoms. The Kier molecular flexibility index (Phi) is 6.02. The van der Waals surface area contributed by atoms with Crippen LogP contribution in [0.25, 0.3) is 0 Å². The monoisotopic (exact) mass is 354 g/mol. The van der Waals surface area contributed by atoms with Crippen molar-refractivity contribution in [2.45, 2.75) is 25.4 Å². The lowest BCUT2D eigenvalue weighted by Crippen LogP contribution is -2.24. The summed E-state index contributed by atoms with van der Waals surface area (Å²) in [5.74, 6) is -0.912. The van der Waals surface area contributed by atoms with Crippen LogP contribution in [0, 0.1) is 0 Å². The molecule has 0 amide bonds. The molecule has 0 heterocycles. The van der Waals surface area contributed by atoms with Crippen LogP contribution in [0.5, 0.6) is 5.75 Å². The molecule has 2 aromatic carbocycles. The normalized spacial score (nSPS) is 15.8. The largest absolute Gasteiger partial charge is 0.491 e. The fourth-order valence-electron chi connectivity index (χ4n) is 3.09. The van der Waals surface area contributed by atoms with Gasteiger partial charge in [-0.25, -0.2) is 4.79 Å². The van der Waals surface area contributed by atoms with Crippen LogP contribution in [-0.4, -0.2) is 38.2 Å². The predicted molar refractivity (Wildman–Crippen MR) is 96.5 cm³/mol. The van der Waals surface area contributed by atoms with Gasteiger partial charge in [-0.1, -0.05) is 24.3 Å². The minimum Gasteiger partial charge on any atom is -0.491 e. The lowest BCUT2D eigenvalue weighted by Gasteiger charge is -2.24. The maximum Gasteiger partial charge on any atom is 0.379 e. The number of esters is 1. The highest BCUT2D eigenvalue weighted by atomic mass is 16.5. The van der Waals surface area contributed by atoms with Crippen LogP contribution in [0.2, 0.25) is 0 Å². The minimum absolute atomic E-state index is 0.230. The van der Waals surface area contributed by atoms with Gasteiger partial charge in [0.25, 0.3) is 5.78 Å². The van der Waals surface area contributed by atoms with Crippen LogP contribution in [-0.2, 0) is 27.1 Å². The number of methoxy groups -OCH3 is 1. The SMILES string of the molecule is COC(=O)C(=O)c1ccc(OCCOC2CCc3ccccc3C2)cc1. The first kappa shape index (κ1) is 18.1.